The maximum atomic E-state index is 11.4. The van der Waals surface area contributed by atoms with E-state index in [1.54, 1.807) is 20.8 Å². The predicted molar refractivity (Wildman–Crippen MR) is 62.9 cm³/mol. The van der Waals surface area contributed by atoms with Crippen molar-refractivity contribution in [2.45, 2.75) is 45.3 Å². The molecule has 1 fully saturated rings. The molecule has 1 amide bonds. The number of nitrogens with one attached hydrogen (secondary N) is 1. The summed E-state index contributed by atoms with van der Waals surface area (Å²) < 4.78 is 9.77. The van der Waals surface area contributed by atoms with Crippen molar-refractivity contribution in [3.63, 3.8) is 0 Å². The Morgan fingerprint density at radius 2 is 1.94 bits per heavy atom. The molecule has 0 spiro atoms. The molecule has 0 bridgehead atoms. The lowest BCUT2D eigenvalue weighted by atomic mass is 9.80. The van der Waals surface area contributed by atoms with E-state index in [2.05, 4.69) is 10.1 Å². The number of alkyl carbamates (subject to hydrolysis) is 1. The average molecular weight is 257 g/mol. The van der Waals surface area contributed by atoms with Crippen LogP contribution in [0.15, 0.2) is 0 Å². The minimum atomic E-state index is -0.532. The first-order valence-electron chi connectivity index (χ1n) is 5.91. The van der Waals surface area contributed by atoms with Crippen LogP contribution >= 0.6 is 0 Å². The molecule has 0 heterocycles. The highest BCUT2D eigenvalue weighted by molar-refractivity contribution is 5.76. The smallest absolute Gasteiger partial charge is 0.407 e. The quantitative estimate of drug-likeness (QED) is 0.601. The molecule has 1 saturated carbocycles. The third-order valence-corrected chi connectivity index (χ3v) is 2.49. The summed E-state index contributed by atoms with van der Waals surface area (Å²) in [6.45, 7) is 5.15. The van der Waals surface area contributed by atoms with Gasteiger partial charge in [-0.3, -0.25) is 9.59 Å². The maximum absolute atomic E-state index is 11.4. The second-order valence-corrected chi connectivity index (χ2v) is 5.31. The van der Waals surface area contributed by atoms with E-state index in [4.69, 9.17) is 4.74 Å². The van der Waals surface area contributed by atoms with Gasteiger partial charge in [-0.1, -0.05) is 0 Å². The molecule has 1 rings (SSSR count). The fraction of sp³-hybridized carbons (Fsp3) is 0.750. The monoisotopic (exact) mass is 257 g/mol. The second-order valence-electron chi connectivity index (χ2n) is 5.31. The molecule has 1 N–H and O–H groups in total. The molecule has 0 aromatic carbocycles. The van der Waals surface area contributed by atoms with Gasteiger partial charge in [-0.2, -0.15) is 0 Å². The first-order chi connectivity index (χ1) is 8.31. The number of hydrogen-bond acceptors (Lipinski definition) is 5. The molecule has 0 atom stereocenters. The Bertz CT molecular complexity index is 328. The Hall–Kier alpha value is -1.59. The van der Waals surface area contributed by atoms with E-state index < -0.39 is 11.7 Å². The van der Waals surface area contributed by atoms with Crippen LogP contribution in [0.4, 0.5) is 4.79 Å². The Morgan fingerprint density at radius 3 is 2.44 bits per heavy atom. The van der Waals surface area contributed by atoms with Gasteiger partial charge in [0.15, 0.2) is 6.29 Å². The number of esters is 1. The van der Waals surface area contributed by atoms with E-state index in [-0.39, 0.29) is 24.5 Å². The Labute approximate surface area is 106 Å². The topological polar surface area (TPSA) is 81.7 Å². The zero-order valence-electron chi connectivity index (χ0n) is 10.9. The second kappa shape index (κ2) is 5.84. The van der Waals surface area contributed by atoms with Crippen LogP contribution in [0.1, 0.15) is 33.6 Å². The molecule has 1 aliphatic rings. The fourth-order valence-electron chi connectivity index (χ4n) is 1.64. The Morgan fingerprint density at radius 1 is 1.33 bits per heavy atom. The van der Waals surface area contributed by atoms with Gasteiger partial charge in [-0.15, -0.1) is 0 Å². The van der Waals surface area contributed by atoms with Gasteiger partial charge in [0, 0.05) is 6.04 Å². The molecular formula is C12H19NO5. The number of carbonyl (C=O) groups excluding carboxylic acids is 3. The number of carbonyl (C=O) groups is 3. The van der Waals surface area contributed by atoms with E-state index in [0.29, 0.717) is 19.1 Å². The van der Waals surface area contributed by atoms with Crippen LogP contribution in [0.5, 0.6) is 0 Å². The van der Waals surface area contributed by atoms with Gasteiger partial charge in [0.1, 0.15) is 12.2 Å². The van der Waals surface area contributed by atoms with Crippen molar-refractivity contribution < 1.29 is 23.9 Å². The minimum Gasteiger partial charge on any atom is -0.458 e. The molecule has 0 saturated heterocycles. The highest BCUT2D eigenvalue weighted by atomic mass is 16.6. The third-order valence-electron chi connectivity index (χ3n) is 2.49. The standard InChI is InChI=1S/C12H19NO5/c1-12(2,3)18-11(16)13-9-6-8(7-9)10(15)17-5-4-14/h4,8-9H,5-7H2,1-3H3,(H,13,16). The summed E-state index contributed by atoms with van der Waals surface area (Å²) in [5.74, 6) is -0.616. The van der Waals surface area contributed by atoms with Crippen LogP contribution in [0.2, 0.25) is 0 Å². The number of rotatable bonds is 4. The highest BCUT2D eigenvalue weighted by Crippen LogP contribution is 2.28. The van der Waals surface area contributed by atoms with Crippen LogP contribution in [-0.4, -0.2) is 36.6 Å². The summed E-state index contributed by atoms with van der Waals surface area (Å²) in [7, 11) is 0. The molecule has 1 aliphatic carbocycles. The third kappa shape index (κ3) is 4.73. The summed E-state index contributed by atoms with van der Waals surface area (Å²) >= 11 is 0. The fourth-order valence-corrected chi connectivity index (χ4v) is 1.64. The van der Waals surface area contributed by atoms with E-state index in [0.717, 1.165) is 0 Å². The highest BCUT2D eigenvalue weighted by Gasteiger charge is 2.37. The van der Waals surface area contributed by atoms with Crippen molar-refractivity contribution >= 4 is 18.3 Å². The molecular weight excluding hydrogens is 238 g/mol. The summed E-state index contributed by atoms with van der Waals surface area (Å²) in [4.78, 5) is 32.8. The number of amides is 1. The number of ether oxygens (including phenoxy) is 2. The zero-order valence-corrected chi connectivity index (χ0v) is 10.9. The van der Waals surface area contributed by atoms with Gasteiger partial charge in [-0.25, -0.2) is 4.79 Å². The molecule has 6 nitrogen and oxygen atoms in total. The Kier molecular flexibility index (Phi) is 4.69. The lowest BCUT2D eigenvalue weighted by molar-refractivity contribution is -0.153. The summed E-state index contributed by atoms with van der Waals surface area (Å²) in [5.41, 5.74) is -0.532. The van der Waals surface area contributed by atoms with E-state index in [1.165, 1.54) is 0 Å². The van der Waals surface area contributed by atoms with Crippen LogP contribution in [0.25, 0.3) is 0 Å². The predicted octanol–water partition coefficient (Wildman–Crippen LogP) is 1.03. The lowest BCUT2D eigenvalue weighted by Gasteiger charge is -2.34. The Balaban J connectivity index is 2.21. The molecule has 0 aromatic rings. The zero-order chi connectivity index (χ0) is 13.8. The normalized spacial score (nSPS) is 22.6. The molecule has 0 aliphatic heterocycles. The van der Waals surface area contributed by atoms with E-state index >= 15 is 0 Å². The van der Waals surface area contributed by atoms with Crippen LogP contribution in [0.3, 0.4) is 0 Å². The molecule has 6 heteroatoms. The van der Waals surface area contributed by atoms with Crippen molar-refractivity contribution in [1.29, 1.82) is 0 Å². The van der Waals surface area contributed by atoms with Gasteiger partial charge < -0.3 is 14.8 Å². The van der Waals surface area contributed by atoms with E-state index in [1.807, 2.05) is 0 Å². The first-order valence-corrected chi connectivity index (χ1v) is 5.91. The summed E-state index contributed by atoms with van der Waals surface area (Å²) in [5, 5.41) is 2.68. The molecule has 0 aromatic heterocycles. The average Bonchev–Trinajstić information content (AvgIpc) is 2.16. The van der Waals surface area contributed by atoms with Crippen LogP contribution in [0, 0.1) is 5.92 Å². The van der Waals surface area contributed by atoms with Gasteiger partial charge in [-0.05, 0) is 33.6 Å². The van der Waals surface area contributed by atoms with Gasteiger partial charge in [0.2, 0.25) is 0 Å². The largest absolute Gasteiger partial charge is 0.458 e. The van der Waals surface area contributed by atoms with Crippen LogP contribution in [-0.2, 0) is 19.1 Å². The van der Waals surface area contributed by atoms with E-state index in [9.17, 15) is 14.4 Å². The van der Waals surface area contributed by atoms with Crippen LogP contribution < -0.4 is 5.32 Å². The maximum Gasteiger partial charge on any atom is 0.407 e. The van der Waals surface area contributed by atoms with Gasteiger partial charge >= 0.3 is 12.1 Å². The van der Waals surface area contributed by atoms with Crippen molar-refractivity contribution in [2.24, 2.45) is 5.92 Å². The SMILES string of the molecule is CC(C)(C)OC(=O)NC1CC(C(=O)OCC=O)C1. The first kappa shape index (κ1) is 14.5. The molecule has 18 heavy (non-hydrogen) atoms. The number of aldehydes is 1. The minimum absolute atomic E-state index is 0.0615. The summed E-state index contributed by atoms with van der Waals surface area (Å²) in [6, 6.07) is -0.0615. The van der Waals surface area contributed by atoms with Crippen molar-refractivity contribution in [1.82, 2.24) is 5.32 Å². The molecule has 0 unspecified atom stereocenters. The lowest BCUT2D eigenvalue weighted by Crippen LogP contribution is -2.48. The molecule has 102 valence electrons. The molecule has 0 radical (unpaired) electrons. The van der Waals surface area contributed by atoms with Crippen molar-refractivity contribution in [3.8, 4) is 0 Å². The number of hydrogen-bond donors (Lipinski definition) is 1. The van der Waals surface area contributed by atoms with Gasteiger partial charge in [0.05, 0.1) is 5.92 Å². The summed E-state index contributed by atoms with van der Waals surface area (Å²) in [6.07, 6.45) is 1.10. The van der Waals surface area contributed by atoms with Crippen molar-refractivity contribution in [3.05, 3.63) is 0 Å². The van der Waals surface area contributed by atoms with Gasteiger partial charge in [0.25, 0.3) is 0 Å². The van der Waals surface area contributed by atoms with Crippen molar-refractivity contribution in [2.75, 3.05) is 6.61 Å².